The van der Waals surface area contributed by atoms with E-state index in [2.05, 4.69) is 121 Å². The van der Waals surface area contributed by atoms with E-state index in [0.717, 1.165) is 43.9 Å². The third-order valence-corrected chi connectivity index (χ3v) is 8.61. The van der Waals surface area contributed by atoms with Gasteiger partial charge in [-0.05, 0) is 28.8 Å². The molecule has 0 N–H and O–H groups in total. The van der Waals surface area contributed by atoms with Crippen LogP contribution in [0.3, 0.4) is 0 Å². The zero-order valence-electron chi connectivity index (χ0n) is 22.1. The highest BCUT2D eigenvalue weighted by molar-refractivity contribution is 9.10. The van der Waals surface area contributed by atoms with Crippen LogP contribution in [0.2, 0.25) is 0 Å². The Balaban J connectivity index is 1.40. The number of halogens is 2. The van der Waals surface area contributed by atoms with Crippen molar-refractivity contribution in [3.8, 4) is 5.75 Å². The van der Waals surface area contributed by atoms with Gasteiger partial charge in [0.2, 0.25) is 0 Å². The third kappa shape index (κ3) is 4.45. The molecule has 41 heavy (non-hydrogen) atoms. The van der Waals surface area contributed by atoms with Gasteiger partial charge in [0, 0.05) is 35.5 Å². The van der Waals surface area contributed by atoms with Gasteiger partial charge >= 0.3 is 0 Å². The van der Waals surface area contributed by atoms with Crippen LogP contribution in [0.4, 0.5) is 5.69 Å². The molecule has 7 rings (SSSR count). The van der Waals surface area contributed by atoms with Gasteiger partial charge in [-0.15, -0.1) is 0 Å². The Morgan fingerprint density at radius 1 is 0.878 bits per heavy atom. The van der Waals surface area contributed by atoms with Crippen LogP contribution in [-0.4, -0.2) is 38.4 Å². The Bertz CT molecular complexity index is 1600. The maximum absolute atomic E-state index is 6.83. The molecule has 6 nitrogen and oxygen atoms in total. The second-order valence-corrected chi connectivity index (χ2v) is 11.5. The van der Waals surface area contributed by atoms with Gasteiger partial charge in [-0.25, -0.2) is 9.98 Å². The summed E-state index contributed by atoms with van der Waals surface area (Å²) in [6.07, 6.45) is 5.35. The summed E-state index contributed by atoms with van der Waals surface area (Å²) in [5, 5.41) is 0. The van der Waals surface area contributed by atoms with Crippen LogP contribution < -0.4 is 4.74 Å². The fourth-order valence-electron chi connectivity index (χ4n) is 6.17. The number of benzene rings is 4. The van der Waals surface area contributed by atoms with E-state index in [9.17, 15) is 0 Å². The highest BCUT2D eigenvalue weighted by Gasteiger charge is 2.41. The fourth-order valence-corrected chi connectivity index (χ4v) is 6.86. The van der Waals surface area contributed by atoms with Crippen LogP contribution in [0, 0.1) is 0 Å². The molecule has 1 atom stereocenters. The van der Waals surface area contributed by atoms with E-state index >= 15 is 0 Å². The third-order valence-electron chi connectivity index (χ3n) is 7.88. The number of aliphatic imine (C=N–C) groups is 1. The number of rotatable bonds is 6. The van der Waals surface area contributed by atoms with Crippen molar-refractivity contribution < 1.29 is 4.74 Å². The lowest BCUT2D eigenvalue weighted by molar-refractivity contribution is 0.121. The van der Waals surface area contributed by atoms with Gasteiger partial charge in [0.15, 0.2) is 0 Å². The summed E-state index contributed by atoms with van der Waals surface area (Å²) in [6.45, 7) is 1.79. The highest BCUT2D eigenvalue weighted by atomic mass is 79.9. The van der Waals surface area contributed by atoms with Crippen LogP contribution in [-0.2, 0) is 12.1 Å². The molecule has 204 valence electrons. The van der Waals surface area contributed by atoms with Crippen molar-refractivity contribution in [2.24, 2.45) is 4.99 Å². The summed E-state index contributed by atoms with van der Waals surface area (Å²) in [5.74, 6) is 0.796. The molecule has 1 aromatic heterocycles. The van der Waals surface area contributed by atoms with E-state index in [4.69, 9.17) is 21.5 Å². The molecule has 4 aromatic carbocycles. The minimum atomic E-state index is -0.652. The van der Waals surface area contributed by atoms with Crippen LogP contribution in [0.25, 0.3) is 0 Å². The molecule has 3 heterocycles. The molecule has 0 fully saturated rings. The molecule has 0 spiro atoms. The number of aromatic nitrogens is 2. The van der Waals surface area contributed by atoms with Gasteiger partial charge in [-0.3, -0.25) is 9.32 Å². The predicted octanol–water partition coefficient (Wildman–Crippen LogP) is 7.51. The van der Waals surface area contributed by atoms with Gasteiger partial charge < -0.3 is 9.30 Å². The molecular formula is C33H27BrClN5O. The van der Waals surface area contributed by atoms with Gasteiger partial charge in [-0.2, -0.15) is 0 Å². The van der Waals surface area contributed by atoms with E-state index in [1.807, 2.05) is 24.7 Å². The van der Waals surface area contributed by atoms with Crippen molar-refractivity contribution in [1.29, 1.82) is 0 Å². The van der Waals surface area contributed by atoms with Crippen molar-refractivity contribution in [2.45, 2.75) is 18.2 Å². The van der Waals surface area contributed by atoms with Crippen molar-refractivity contribution in [3.63, 3.8) is 0 Å². The summed E-state index contributed by atoms with van der Waals surface area (Å²) >= 11 is 10.4. The fraction of sp³-hybridized carbons (Fsp3) is 0.152. The Hall–Kier alpha value is -3.91. The summed E-state index contributed by atoms with van der Waals surface area (Å²) in [5.41, 5.74) is 5.67. The van der Waals surface area contributed by atoms with Gasteiger partial charge in [0.1, 0.15) is 30.4 Å². The second-order valence-electron chi connectivity index (χ2n) is 10.2. The van der Waals surface area contributed by atoms with Crippen LogP contribution in [0.15, 0.2) is 125 Å². The summed E-state index contributed by atoms with van der Waals surface area (Å²) < 4.78 is 11.1. The van der Waals surface area contributed by atoms with Crippen LogP contribution >= 0.6 is 27.7 Å². The van der Waals surface area contributed by atoms with E-state index in [-0.39, 0.29) is 6.17 Å². The molecule has 8 heteroatoms. The SMILES string of the molecule is ClN1C=Nc2cc(Br)cc3c2C1N(Cc1cncn1C(c1ccccc1)(c1ccccc1)c1ccccc1)CCO3. The Labute approximate surface area is 252 Å². The summed E-state index contributed by atoms with van der Waals surface area (Å²) in [4.78, 5) is 11.7. The van der Waals surface area contributed by atoms with Crippen molar-refractivity contribution in [1.82, 2.24) is 18.9 Å². The lowest BCUT2D eigenvalue weighted by Crippen LogP contribution is -2.42. The summed E-state index contributed by atoms with van der Waals surface area (Å²) in [6, 6.07) is 36.0. The lowest BCUT2D eigenvalue weighted by atomic mass is 9.76. The average molecular weight is 625 g/mol. The molecule has 0 bridgehead atoms. The molecule has 0 radical (unpaired) electrons. The molecule has 5 aromatic rings. The average Bonchev–Trinajstić information content (AvgIpc) is 3.39. The molecular weight excluding hydrogens is 598 g/mol. The molecule has 0 amide bonds. The molecule has 0 aliphatic carbocycles. The van der Waals surface area contributed by atoms with Crippen molar-refractivity contribution in [2.75, 3.05) is 13.2 Å². The van der Waals surface area contributed by atoms with Gasteiger partial charge in [0.05, 0.1) is 23.3 Å². The van der Waals surface area contributed by atoms with Crippen LogP contribution in [0.5, 0.6) is 5.75 Å². The maximum atomic E-state index is 6.83. The first kappa shape index (κ1) is 26.0. The minimum absolute atomic E-state index is 0.252. The zero-order chi connectivity index (χ0) is 27.8. The smallest absolute Gasteiger partial charge is 0.131 e. The molecule has 1 unspecified atom stereocenters. The monoisotopic (exact) mass is 623 g/mol. The Morgan fingerprint density at radius 2 is 1.49 bits per heavy atom. The molecule has 2 aliphatic heterocycles. The predicted molar refractivity (Wildman–Crippen MR) is 165 cm³/mol. The molecule has 0 saturated heterocycles. The zero-order valence-corrected chi connectivity index (χ0v) is 24.5. The lowest BCUT2D eigenvalue weighted by Gasteiger charge is -2.40. The number of nitrogens with zero attached hydrogens (tertiary/aromatic N) is 5. The van der Waals surface area contributed by atoms with Gasteiger partial charge in [-0.1, -0.05) is 107 Å². The van der Waals surface area contributed by atoms with E-state index in [1.165, 1.54) is 0 Å². The van der Waals surface area contributed by atoms with Crippen molar-refractivity contribution in [3.05, 3.63) is 148 Å². The normalized spacial score (nSPS) is 16.6. The number of hydrogen-bond acceptors (Lipinski definition) is 5. The summed E-state index contributed by atoms with van der Waals surface area (Å²) in [7, 11) is 0. The van der Waals surface area contributed by atoms with E-state index in [1.54, 1.807) is 10.8 Å². The topological polar surface area (TPSA) is 45.9 Å². The second kappa shape index (κ2) is 10.8. The Morgan fingerprint density at radius 3 is 2.10 bits per heavy atom. The van der Waals surface area contributed by atoms with Gasteiger partial charge in [0.25, 0.3) is 0 Å². The van der Waals surface area contributed by atoms with E-state index < -0.39 is 5.54 Å². The number of hydrogen-bond donors (Lipinski definition) is 0. The first-order valence-corrected chi connectivity index (χ1v) is 14.7. The standard InChI is InChI=1S/C33H27BrClN5O/c34-27-18-29-31-30(19-27)41-17-16-38(32(31)40(35)23-37-29)21-28-20-36-22-39(28)33(24-10-4-1-5-11-24,25-12-6-2-7-13-25)26-14-8-3-9-15-26/h1-15,18-20,22-23,32H,16-17,21H2. The largest absolute Gasteiger partial charge is 0.492 e. The first-order chi connectivity index (χ1) is 20.2. The quantitative estimate of drug-likeness (QED) is 0.145. The number of ether oxygens (including phenoxy) is 1. The maximum Gasteiger partial charge on any atom is 0.131 e. The Kier molecular flexibility index (Phi) is 6.87. The van der Waals surface area contributed by atoms with Crippen molar-refractivity contribution >= 4 is 39.7 Å². The molecule has 0 saturated carbocycles. The first-order valence-electron chi connectivity index (χ1n) is 13.5. The highest BCUT2D eigenvalue weighted by Crippen LogP contribution is 2.46. The van der Waals surface area contributed by atoms with E-state index in [0.29, 0.717) is 19.7 Å². The molecule has 2 aliphatic rings. The minimum Gasteiger partial charge on any atom is -0.492 e. The number of imidazole rings is 1. The van der Waals surface area contributed by atoms with Crippen LogP contribution in [0.1, 0.15) is 34.1 Å².